The average molecular weight is 509 g/mol. The summed E-state index contributed by atoms with van der Waals surface area (Å²) in [5.41, 5.74) is 0.851. The summed E-state index contributed by atoms with van der Waals surface area (Å²) in [6.07, 6.45) is 0. The van der Waals surface area contributed by atoms with E-state index in [9.17, 15) is 13.2 Å². The predicted octanol–water partition coefficient (Wildman–Crippen LogP) is 5.95. The molecule has 0 fully saturated rings. The summed E-state index contributed by atoms with van der Waals surface area (Å²) >= 11 is 6.09. The molecule has 0 bridgehead atoms. The van der Waals surface area contributed by atoms with Gasteiger partial charge in [0.15, 0.2) is 12.4 Å². The van der Waals surface area contributed by atoms with Crippen LogP contribution in [0.5, 0.6) is 17.2 Å². The Hall–Kier alpha value is -4.01. The van der Waals surface area contributed by atoms with Crippen LogP contribution >= 0.6 is 11.6 Å². The first-order valence-electron chi connectivity index (χ1n) is 10.5. The zero-order chi connectivity index (χ0) is 24.7. The fraction of sp³-hybridized carbons (Fsp3) is 0.0385. The number of carbonyl (C=O) groups excluding carboxylic acids is 1. The van der Waals surface area contributed by atoms with E-state index in [0.717, 1.165) is 0 Å². The highest BCUT2D eigenvalue weighted by Gasteiger charge is 2.15. The average Bonchev–Trinajstić information content (AvgIpc) is 2.86. The van der Waals surface area contributed by atoms with Crippen LogP contribution in [0.2, 0.25) is 5.02 Å². The van der Waals surface area contributed by atoms with Crippen molar-refractivity contribution in [1.29, 1.82) is 0 Å². The van der Waals surface area contributed by atoms with E-state index in [4.69, 9.17) is 21.1 Å². The van der Waals surface area contributed by atoms with Gasteiger partial charge in [-0.1, -0.05) is 48.0 Å². The first-order chi connectivity index (χ1) is 16.9. The standard InChI is InChI=1S/C26H21ClN2O5S/c27-19-11-16-25(34-22-9-5-2-6-10-22)24(17-19)28-26(30)18-33-21-12-14-23(15-13-21)35(31,32)29-20-7-3-1-4-8-20/h1-17,29H,18H2,(H,28,30). The smallest absolute Gasteiger partial charge is 0.262 e. The molecule has 2 N–H and O–H groups in total. The summed E-state index contributed by atoms with van der Waals surface area (Å²) in [5, 5.41) is 3.16. The van der Waals surface area contributed by atoms with Gasteiger partial charge in [0, 0.05) is 10.7 Å². The maximum Gasteiger partial charge on any atom is 0.262 e. The van der Waals surface area contributed by atoms with Gasteiger partial charge in [-0.15, -0.1) is 0 Å². The number of benzene rings is 4. The topological polar surface area (TPSA) is 93.7 Å². The molecule has 4 aromatic carbocycles. The fourth-order valence-electron chi connectivity index (χ4n) is 3.07. The van der Waals surface area contributed by atoms with Crippen molar-refractivity contribution in [2.24, 2.45) is 0 Å². The summed E-state index contributed by atoms with van der Waals surface area (Å²) in [7, 11) is -3.75. The number of anilines is 2. The molecule has 0 aromatic heterocycles. The Bertz CT molecular complexity index is 1400. The van der Waals surface area contributed by atoms with Crippen molar-refractivity contribution in [2.45, 2.75) is 4.90 Å². The highest BCUT2D eigenvalue weighted by atomic mass is 35.5. The Kier molecular flexibility index (Phi) is 7.54. The Morgan fingerprint density at radius 2 is 1.46 bits per heavy atom. The largest absolute Gasteiger partial charge is 0.484 e. The number of ether oxygens (including phenoxy) is 2. The minimum atomic E-state index is -3.75. The molecule has 0 aliphatic carbocycles. The second-order valence-corrected chi connectivity index (χ2v) is 9.45. The SMILES string of the molecule is O=C(COc1ccc(S(=O)(=O)Nc2ccccc2)cc1)Nc1cc(Cl)ccc1Oc1ccccc1. The molecule has 0 aliphatic heterocycles. The van der Waals surface area contributed by atoms with Crippen LogP contribution in [0.3, 0.4) is 0 Å². The van der Waals surface area contributed by atoms with Crippen LogP contribution in [0.25, 0.3) is 0 Å². The lowest BCUT2D eigenvalue weighted by molar-refractivity contribution is -0.118. The number of carbonyl (C=O) groups is 1. The van der Waals surface area contributed by atoms with Gasteiger partial charge in [0.05, 0.1) is 10.6 Å². The van der Waals surface area contributed by atoms with Gasteiger partial charge in [-0.3, -0.25) is 9.52 Å². The summed E-state index contributed by atoms with van der Waals surface area (Å²) in [5.74, 6) is 0.936. The summed E-state index contributed by atoms with van der Waals surface area (Å²) in [6, 6.07) is 28.4. The number of nitrogens with one attached hydrogen (secondary N) is 2. The first kappa shape index (κ1) is 24.1. The first-order valence-corrected chi connectivity index (χ1v) is 12.4. The molecule has 7 nitrogen and oxygen atoms in total. The van der Waals surface area contributed by atoms with Gasteiger partial charge in [-0.05, 0) is 66.7 Å². The summed E-state index contributed by atoms with van der Waals surface area (Å²) in [4.78, 5) is 12.6. The molecule has 0 unspecified atom stereocenters. The van der Waals surface area contributed by atoms with Gasteiger partial charge >= 0.3 is 0 Å². The molecule has 0 atom stereocenters. The lowest BCUT2D eigenvalue weighted by Crippen LogP contribution is -2.20. The van der Waals surface area contributed by atoms with E-state index < -0.39 is 15.9 Å². The Morgan fingerprint density at radius 3 is 2.14 bits per heavy atom. The highest BCUT2D eigenvalue weighted by Crippen LogP contribution is 2.32. The molecule has 35 heavy (non-hydrogen) atoms. The van der Waals surface area contributed by atoms with E-state index in [1.807, 2.05) is 18.2 Å². The molecule has 0 aliphatic rings. The number of rotatable bonds is 9. The van der Waals surface area contributed by atoms with Gasteiger partial charge in [0.2, 0.25) is 0 Å². The molecular formula is C26H21ClN2O5S. The zero-order valence-corrected chi connectivity index (χ0v) is 19.9. The number of para-hydroxylation sites is 2. The lowest BCUT2D eigenvalue weighted by Gasteiger charge is -2.13. The van der Waals surface area contributed by atoms with E-state index in [1.165, 1.54) is 24.3 Å². The summed E-state index contributed by atoms with van der Waals surface area (Å²) in [6.45, 7) is -0.300. The van der Waals surface area contributed by atoms with Gasteiger partial charge in [-0.2, -0.15) is 0 Å². The molecule has 0 heterocycles. The highest BCUT2D eigenvalue weighted by molar-refractivity contribution is 7.92. The Labute approximate surface area is 208 Å². The van der Waals surface area contributed by atoms with Gasteiger partial charge < -0.3 is 14.8 Å². The van der Waals surface area contributed by atoms with E-state index >= 15 is 0 Å². The van der Waals surface area contributed by atoms with Gasteiger partial charge in [0.25, 0.3) is 15.9 Å². The maximum atomic E-state index is 12.5. The predicted molar refractivity (Wildman–Crippen MR) is 136 cm³/mol. The van der Waals surface area contributed by atoms with Crippen LogP contribution in [0.15, 0.2) is 108 Å². The zero-order valence-electron chi connectivity index (χ0n) is 18.3. The quantitative estimate of drug-likeness (QED) is 0.291. The molecule has 4 rings (SSSR count). The van der Waals surface area contributed by atoms with Gasteiger partial charge in [0.1, 0.15) is 11.5 Å². The lowest BCUT2D eigenvalue weighted by atomic mass is 10.2. The number of hydrogen-bond acceptors (Lipinski definition) is 5. The number of halogens is 1. The fourth-order valence-corrected chi connectivity index (χ4v) is 4.31. The second-order valence-electron chi connectivity index (χ2n) is 7.34. The van der Waals surface area contributed by atoms with Crippen molar-refractivity contribution in [3.8, 4) is 17.2 Å². The minimum Gasteiger partial charge on any atom is -0.484 e. The molecule has 4 aromatic rings. The van der Waals surface area contributed by atoms with E-state index in [0.29, 0.717) is 33.6 Å². The van der Waals surface area contributed by atoms with E-state index in [1.54, 1.807) is 60.7 Å². The molecule has 9 heteroatoms. The number of hydrogen-bond donors (Lipinski definition) is 2. The van der Waals surface area contributed by atoms with Crippen LogP contribution in [-0.2, 0) is 14.8 Å². The molecule has 0 saturated carbocycles. The Morgan fingerprint density at radius 1 is 0.800 bits per heavy atom. The van der Waals surface area contributed by atoms with Crippen LogP contribution in [0.1, 0.15) is 0 Å². The molecule has 0 radical (unpaired) electrons. The van der Waals surface area contributed by atoms with Crippen molar-refractivity contribution < 1.29 is 22.7 Å². The van der Waals surface area contributed by atoms with Crippen molar-refractivity contribution in [3.05, 3.63) is 108 Å². The monoisotopic (exact) mass is 508 g/mol. The molecule has 178 valence electrons. The molecule has 0 spiro atoms. The van der Waals surface area contributed by atoms with Crippen LogP contribution in [-0.4, -0.2) is 20.9 Å². The molecular weight excluding hydrogens is 488 g/mol. The number of sulfonamides is 1. The van der Waals surface area contributed by atoms with Crippen molar-refractivity contribution in [2.75, 3.05) is 16.6 Å². The normalized spacial score (nSPS) is 10.9. The Balaban J connectivity index is 1.36. The van der Waals surface area contributed by atoms with E-state index in [2.05, 4.69) is 10.0 Å². The summed E-state index contributed by atoms with van der Waals surface area (Å²) < 4.78 is 38.9. The molecule has 1 amide bonds. The second kappa shape index (κ2) is 10.9. The minimum absolute atomic E-state index is 0.0692. The van der Waals surface area contributed by atoms with Crippen LogP contribution in [0, 0.1) is 0 Å². The van der Waals surface area contributed by atoms with E-state index in [-0.39, 0.29) is 11.5 Å². The number of amides is 1. The third-order valence-corrected chi connectivity index (χ3v) is 6.35. The van der Waals surface area contributed by atoms with Gasteiger partial charge in [-0.25, -0.2) is 8.42 Å². The van der Waals surface area contributed by atoms with Crippen molar-refractivity contribution in [3.63, 3.8) is 0 Å². The van der Waals surface area contributed by atoms with Crippen LogP contribution < -0.4 is 19.5 Å². The van der Waals surface area contributed by atoms with Crippen molar-refractivity contribution in [1.82, 2.24) is 0 Å². The maximum absolute atomic E-state index is 12.5. The third-order valence-electron chi connectivity index (χ3n) is 4.72. The third kappa shape index (κ3) is 6.75. The van der Waals surface area contributed by atoms with Crippen LogP contribution in [0.4, 0.5) is 11.4 Å². The van der Waals surface area contributed by atoms with Crippen molar-refractivity contribution >= 4 is 38.9 Å². The molecule has 0 saturated heterocycles.